The molecule has 0 rings (SSSR count). The monoisotopic (exact) mass is 190 g/mol. The first-order chi connectivity index (χ1) is 6.41. The van der Waals surface area contributed by atoms with Crippen LogP contribution >= 0.6 is 0 Å². The van der Waals surface area contributed by atoms with Gasteiger partial charge in [0.05, 0.1) is 26.4 Å². The molecular formula is C9H22N2O2. The van der Waals surface area contributed by atoms with Crippen LogP contribution in [0.3, 0.4) is 0 Å². The molecule has 0 heterocycles. The minimum absolute atomic E-state index is 0.688. The first kappa shape index (κ1) is 12.8. The molecule has 0 aromatic heterocycles. The Labute approximate surface area is 81.0 Å². The molecule has 0 radical (unpaired) electrons. The Kier molecular flexibility index (Phi) is 11.7. The fraction of sp³-hybridized carbons (Fsp3) is 1.00. The predicted octanol–water partition coefficient (Wildman–Crippen LogP) is -0.151. The van der Waals surface area contributed by atoms with Crippen molar-refractivity contribution in [3.05, 3.63) is 0 Å². The van der Waals surface area contributed by atoms with Gasteiger partial charge in [-0.3, -0.25) is 0 Å². The van der Waals surface area contributed by atoms with Gasteiger partial charge in [-0.1, -0.05) is 6.92 Å². The van der Waals surface area contributed by atoms with Gasteiger partial charge in [0.2, 0.25) is 0 Å². The van der Waals surface area contributed by atoms with E-state index in [4.69, 9.17) is 9.47 Å². The molecule has 0 saturated carbocycles. The minimum atomic E-state index is 0.688. The lowest BCUT2D eigenvalue weighted by Gasteiger charge is -2.05. The summed E-state index contributed by atoms with van der Waals surface area (Å²) in [7, 11) is 1.91. The average molecular weight is 190 g/mol. The molecule has 0 spiro atoms. The summed E-state index contributed by atoms with van der Waals surface area (Å²) in [5, 5.41) is 6.19. The van der Waals surface area contributed by atoms with Crippen LogP contribution in [0.5, 0.6) is 0 Å². The zero-order valence-corrected chi connectivity index (χ0v) is 8.77. The summed E-state index contributed by atoms with van der Waals surface area (Å²) in [6.45, 7) is 7.81. The summed E-state index contributed by atoms with van der Waals surface area (Å²) < 4.78 is 10.6. The summed E-state index contributed by atoms with van der Waals surface area (Å²) in [4.78, 5) is 0. The van der Waals surface area contributed by atoms with Crippen molar-refractivity contribution in [3.63, 3.8) is 0 Å². The molecule has 0 aromatic rings. The fourth-order valence-electron chi connectivity index (χ4n) is 0.817. The van der Waals surface area contributed by atoms with Crippen LogP contribution in [-0.2, 0) is 9.47 Å². The Morgan fingerprint density at radius 2 is 1.54 bits per heavy atom. The third-order valence-electron chi connectivity index (χ3n) is 1.54. The van der Waals surface area contributed by atoms with Crippen LogP contribution in [0.4, 0.5) is 0 Å². The molecule has 4 heteroatoms. The van der Waals surface area contributed by atoms with Gasteiger partial charge in [-0.15, -0.1) is 0 Å². The first-order valence-corrected chi connectivity index (χ1v) is 4.92. The molecule has 0 atom stereocenters. The largest absolute Gasteiger partial charge is 0.378 e. The van der Waals surface area contributed by atoms with Gasteiger partial charge in [0.1, 0.15) is 0 Å². The lowest BCUT2D eigenvalue weighted by molar-refractivity contribution is 0.0505. The van der Waals surface area contributed by atoms with Crippen molar-refractivity contribution in [1.82, 2.24) is 10.6 Å². The van der Waals surface area contributed by atoms with Crippen molar-refractivity contribution < 1.29 is 9.47 Å². The second-order valence-electron chi connectivity index (χ2n) is 2.68. The van der Waals surface area contributed by atoms with Crippen molar-refractivity contribution in [3.8, 4) is 0 Å². The van der Waals surface area contributed by atoms with Gasteiger partial charge in [0, 0.05) is 13.1 Å². The van der Waals surface area contributed by atoms with Crippen LogP contribution in [0.15, 0.2) is 0 Å². The highest BCUT2D eigenvalue weighted by Crippen LogP contribution is 1.77. The normalized spacial score (nSPS) is 10.6. The Morgan fingerprint density at radius 1 is 0.923 bits per heavy atom. The maximum absolute atomic E-state index is 5.31. The molecule has 0 aromatic carbocycles. The fourth-order valence-corrected chi connectivity index (χ4v) is 0.817. The second-order valence-corrected chi connectivity index (χ2v) is 2.68. The Hall–Kier alpha value is -0.160. The topological polar surface area (TPSA) is 42.5 Å². The van der Waals surface area contributed by atoms with E-state index in [1.807, 2.05) is 7.05 Å². The number of ether oxygens (including phenoxy) is 2. The summed E-state index contributed by atoms with van der Waals surface area (Å²) in [6, 6.07) is 0. The third kappa shape index (κ3) is 11.8. The smallest absolute Gasteiger partial charge is 0.0701 e. The molecule has 0 bridgehead atoms. The number of likely N-dealkylation sites (N-methyl/N-ethyl adjacent to an activating group) is 2. The lowest BCUT2D eigenvalue weighted by Crippen LogP contribution is -2.20. The predicted molar refractivity (Wildman–Crippen MR) is 54.1 cm³/mol. The molecule has 13 heavy (non-hydrogen) atoms. The average Bonchev–Trinajstić information content (AvgIpc) is 2.16. The highest BCUT2D eigenvalue weighted by atomic mass is 16.5. The zero-order valence-electron chi connectivity index (χ0n) is 8.77. The molecule has 2 N–H and O–H groups in total. The highest BCUT2D eigenvalue weighted by Gasteiger charge is 1.88. The van der Waals surface area contributed by atoms with Crippen molar-refractivity contribution in [2.45, 2.75) is 6.92 Å². The van der Waals surface area contributed by atoms with Crippen molar-refractivity contribution >= 4 is 0 Å². The Morgan fingerprint density at radius 3 is 2.08 bits per heavy atom. The highest BCUT2D eigenvalue weighted by molar-refractivity contribution is 4.40. The number of hydrogen-bond acceptors (Lipinski definition) is 4. The Balaban J connectivity index is 2.76. The Bertz CT molecular complexity index is 81.7. The van der Waals surface area contributed by atoms with E-state index in [0.717, 1.165) is 32.8 Å². The van der Waals surface area contributed by atoms with Gasteiger partial charge < -0.3 is 20.1 Å². The van der Waals surface area contributed by atoms with Gasteiger partial charge in [0.15, 0.2) is 0 Å². The molecule has 0 fully saturated rings. The molecule has 0 aliphatic carbocycles. The van der Waals surface area contributed by atoms with E-state index in [1.165, 1.54) is 0 Å². The van der Waals surface area contributed by atoms with E-state index >= 15 is 0 Å². The van der Waals surface area contributed by atoms with Crippen LogP contribution in [0, 0.1) is 0 Å². The standard InChI is InChI=1S/C9H22N2O2/c1-3-11-5-7-13-9-8-12-6-4-10-2/h10-11H,3-9H2,1-2H3. The molecule has 80 valence electrons. The minimum Gasteiger partial charge on any atom is -0.378 e. The van der Waals surface area contributed by atoms with Crippen LogP contribution < -0.4 is 10.6 Å². The van der Waals surface area contributed by atoms with E-state index in [0.29, 0.717) is 13.2 Å². The lowest BCUT2D eigenvalue weighted by atomic mass is 10.6. The van der Waals surface area contributed by atoms with E-state index in [2.05, 4.69) is 17.6 Å². The molecule has 0 unspecified atom stereocenters. The van der Waals surface area contributed by atoms with Crippen LogP contribution in [0.1, 0.15) is 6.92 Å². The maximum atomic E-state index is 5.31. The van der Waals surface area contributed by atoms with Gasteiger partial charge in [0.25, 0.3) is 0 Å². The SMILES string of the molecule is CCNCCOCCOCCNC. The quantitative estimate of drug-likeness (QED) is 0.470. The molecule has 0 amide bonds. The summed E-state index contributed by atoms with van der Waals surface area (Å²) in [5.74, 6) is 0. The number of nitrogens with one attached hydrogen (secondary N) is 2. The van der Waals surface area contributed by atoms with Crippen molar-refractivity contribution in [2.24, 2.45) is 0 Å². The van der Waals surface area contributed by atoms with Crippen molar-refractivity contribution in [1.29, 1.82) is 0 Å². The van der Waals surface area contributed by atoms with E-state index in [-0.39, 0.29) is 0 Å². The van der Waals surface area contributed by atoms with Gasteiger partial charge >= 0.3 is 0 Å². The van der Waals surface area contributed by atoms with E-state index in [9.17, 15) is 0 Å². The molecule has 0 aliphatic heterocycles. The van der Waals surface area contributed by atoms with Gasteiger partial charge in [-0.05, 0) is 13.6 Å². The third-order valence-corrected chi connectivity index (χ3v) is 1.54. The molecule has 4 nitrogen and oxygen atoms in total. The molecule has 0 saturated heterocycles. The van der Waals surface area contributed by atoms with Gasteiger partial charge in [-0.2, -0.15) is 0 Å². The molecule has 0 aliphatic rings. The zero-order chi connectivity index (χ0) is 9.78. The number of hydrogen-bond donors (Lipinski definition) is 2. The first-order valence-electron chi connectivity index (χ1n) is 4.92. The van der Waals surface area contributed by atoms with Crippen LogP contribution in [0.25, 0.3) is 0 Å². The second kappa shape index (κ2) is 11.8. The van der Waals surface area contributed by atoms with Crippen molar-refractivity contribution in [2.75, 3.05) is 53.1 Å². The van der Waals surface area contributed by atoms with E-state index < -0.39 is 0 Å². The summed E-state index contributed by atoms with van der Waals surface area (Å²) in [6.07, 6.45) is 0. The molecular weight excluding hydrogens is 168 g/mol. The van der Waals surface area contributed by atoms with Crippen LogP contribution in [-0.4, -0.2) is 53.1 Å². The van der Waals surface area contributed by atoms with Crippen LogP contribution in [0.2, 0.25) is 0 Å². The summed E-state index contributed by atoms with van der Waals surface area (Å²) in [5.41, 5.74) is 0. The number of rotatable bonds is 10. The summed E-state index contributed by atoms with van der Waals surface area (Å²) >= 11 is 0. The van der Waals surface area contributed by atoms with Gasteiger partial charge in [-0.25, -0.2) is 0 Å². The van der Waals surface area contributed by atoms with E-state index in [1.54, 1.807) is 0 Å². The maximum Gasteiger partial charge on any atom is 0.0701 e.